The van der Waals surface area contributed by atoms with E-state index in [1.165, 1.54) is 0 Å². The van der Waals surface area contributed by atoms with Crippen molar-refractivity contribution >= 4 is 51.3 Å². The first kappa shape index (κ1) is 16.0. The van der Waals surface area contributed by atoms with Crippen LogP contribution in [0.25, 0.3) is 0 Å². The first-order valence-corrected chi connectivity index (χ1v) is 2.68. The zero-order chi connectivity index (χ0) is 5.41. The molecule has 7 heteroatoms. The van der Waals surface area contributed by atoms with Crippen molar-refractivity contribution in [1.29, 1.82) is 0 Å². The van der Waals surface area contributed by atoms with Gasteiger partial charge in [-0.3, -0.25) is 0 Å². The van der Waals surface area contributed by atoms with Crippen molar-refractivity contribution in [2.75, 3.05) is 0 Å². The SMILES string of the molecule is SNS.SNS.[Re]. The molecule has 7 heavy (non-hydrogen) atoms. The largest absolute Gasteiger partial charge is 0.213 e. The third-order valence-corrected chi connectivity index (χ3v) is 0. The summed E-state index contributed by atoms with van der Waals surface area (Å²) in [4.78, 5) is 0. The van der Waals surface area contributed by atoms with Crippen molar-refractivity contribution in [1.82, 2.24) is 8.25 Å². The summed E-state index contributed by atoms with van der Waals surface area (Å²) in [7, 11) is 0. The first-order chi connectivity index (χ1) is 2.83. The molecule has 0 spiro atoms. The van der Waals surface area contributed by atoms with E-state index in [4.69, 9.17) is 0 Å². The third-order valence-electron chi connectivity index (χ3n) is 0. The molecule has 0 saturated carbocycles. The Labute approximate surface area is 79.4 Å². The Balaban J connectivity index is -0.0000000400. The zero-order valence-corrected chi connectivity index (χ0v) is 9.46. The summed E-state index contributed by atoms with van der Waals surface area (Å²) in [6.07, 6.45) is 0. The summed E-state index contributed by atoms with van der Waals surface area (Å²) >= 11 is 13.6. The maximum Gasteiger partial charge on any atom is 0 e. The van der Waals surface area contributed by atoms with Gasteiger partial charge in [-0.2, -0.15) is 0 Å². The maximum atomic E-state index is 3.40. The van der Waals surface area contributed by atoms with Crippen molar-refractivity contribution in [3.63, 3.8) is 0 Å². The third kappa shape index (κ3) is 72.7. The van der Waals surface area contributed by atoms with Gasteiger partial charge in [-0.25, -0.2) is 8.25 Å². The minimum atomic E-state index is 0. The second kappa shape index (κ2) is 24.5. The Morgan fingerprint density at radius 1 is 0.714 bits per heavy atom. The van der Waals surface area contributed by atoms with Crippen LogP contribution in [0.5, 0.6) is 0 Å². The predicted molar refractivity (Wildman–Crippen MR) is 42.2 cm³/mol. The van der Waals surface area contributed by atoms with Crippen LogP contribution in [0.2, 0.25) is 0 Å². The molecule has 1 radical (unpaired) electrons. The average Bonchev–Trinajstić information content (AvgIpc) is 1.39. The molecule has 0 atom stereocenters. The Hall–Kier alpha value is 1.98. The minimum absolute atomic E-state index is 0. The molecule has 0 heterocycles. The van der Waals surface area contributed by atoms with Crippen molar-refractivity contribution < 1.29 is 20.4 Å². The van der Waals surface area contributed by atoms with Crippen LogP contribution < -0.4 is 8.25 Å². The molecule has 0 amide bonds. The fourth-order valence-electron chi connectivity index (χ4n) is 0. The van der Waals surface area contributed by atoms with Gasteiger partial charge >= 0.3 is 0 Å². The minimum Gasteiger partial charge on any atom is -0.213 e. The molecule has 0 saturated heterocycles. The second-order valence-corrected chi connectivity index (χ2v) is 1.80. The number of hydrogen-bond donors (Lipinski definition) is 6. The van der Waals surface area contributed by atoms with Gasteiger partial charge in [-0.05, 0) is 0 Å². The van der Waals surface area contributed by atoms with Gasteiger partial charge < -0.3 is 0 Å². The predicted octanol–water partition coefficient (Wildman–Crippen LogP) is 0.529. The van der Waals surface area contributed by atoms with Crippen molar-refractivity contribution in [3.8, 4) is 0 Å². The monoisotopic (exact) mass is 349 g/mol. The molecule has 2 nitrogen and oxygen atoms in total. The van der Waals surface area contributed by atoms with Crippen LogP contribution >= 0.6 is 51.3 Å². The van der Waals surface area contributed by atoms with Crippen molar-refractivity contribution in [2.24, 2.45) is 0 Å². The summed E-state index contributed by atoms with van der Waals surface area (Å²) in [5.74, 6) is 0. The smallest absolute Gasteiger partial charge is 0 e. The topological polar surface area (TPSA) is 24.1 Å². The molecule has 0 aromatic heterocycles. The molecule has 2 N–H and O–H groups in total. The fraction of sp³-hybridized carbons (Fsp3) is 0. The van der Waals surface area contributed by atoms with E-state index in [2.05, 4.69) is 59.5 Å². The van der Waals surface area contributed by atoms with E-state index >= 15 is 0 Å². The molecule has 0 rings (SSSR count). The number of nitrogens with one attached hydrogen (secondary N) is 2. The summed E-state index contributed by atoms with van der Waals surface area (Å²) in [6, 6.07) is 0. The van der Waals surface area contributed by atoms with Crippen molar-refractivity contribution in [2.45, 2.75) is 0 Å². The van der Waals surface area contributed by atoms with Gasteiger partial charge in [0.05, 0.1) is 0 Å². The number of rotatable bonds is 0. The average molecular weight is 349 g/mol. The van der Waals surface area contributed by atoms with Gasteiger partial charge in [0.25, 0.3) is 0 Å². The standard InChI is InChI=1S/2H3NS2.Re/c2*2-1-3;/h2*1-3H;. The molecule has 0 aliphatic carbocycles. The van der Waals surface area contributed by atoms with Crippen LogP contribution in [0.3, 0.4) is 0 Å². The quantitative estimate of drug-likeness (QED) is 0.360. The molecule has 47 valence electrons. The van der Waals surface area contributed by atoms with E-state index in [-0.39, 0.29) is 20.4 Å². The molecule has 0 bridgehead atoms. The Morgan fingerprint density at radius 2 is 0.714 bits per heavy atom. The van der Waals surface area contributed by atoms with E-state index in [0.29, 0.717) is 0 Å². The molecule has 0 aliphatic rings. The van der Waals surface area contributed by atoms with Crippen LogP contribution in [0.4, 0.5) is 0 Å². The molecule has 0 aromatic rings. The first-order valence-electron chi connectivity index (χ1n) is 0.894. The normalized spacial score (nSPS) is 5.14. The molecule has 0 unspecified atom stereocenters. The van der Waals surface area contributed by atoms with Gasteiger partial charge in [0.2, 0.25) is 0 Å². The summed E-state index contributed by atoms with van der Waals surface area (Å²) in [5, 5.41) is 0. The second-order valence-electron chi connectivity index (χ2n) is 0.200. The van der Waals surface area contributed by atoms with E-state index < -0.39 is 0 Å². The Bertz CT molecular complexity index is 11.7. The van der Waals surface area contributed by atoms with Gasteiger partial charge in [-0.1, -0.05) is 51.3 Å². The summed E-state index contributed by atoms with van der Waals surface area (Å²) in [6.45, 7) is 0. The van der Waals surface area contributed by atoms with E-state index in [1.54, 1.807) is 0 Å². The van der Waals surface area contributed by atoms with Gasteiger partial charge in [0.15, 0.2) is 0 Å². The molecular formula is H6N2ReS4. The molecule has 0 fully saturated rings. The van der Waals surface area contributed by atoms with E-state index in [9.17, 15) is 0 Å². The van der Waals surface area contributed by atoms with Crippen LogP contribution in [0.15, 0.2) is 0 Å². The summed E-state index contributed by atoms with van der Waals surface area (Å²) < 4.78 is 4.28. The van der Waals surface area contributed by atoms with Crippen LogP contribution in [0, 0.1) is 0 Å². The number of hydrogen-bond acceptors (Lipinski definition) is 6. The number of thiol groups is 4. The van der Waals surface area contributed by atoms with Gasteiger partial charge in [-0.15, -0.1) is 0 Å². The fourth-order valence-corrected chi connectivity index (χ4v) is 0. The van der Waals surface area contributed by atoms with Crippen LogP contribution in [0.1, 0.15) is 0 Å². The van der Waals surface area contributed by atoms with Crippen molar-refractivity contribution in [3.05, 3.63) is 0 Å². The van der Waals surface area contributed by atoms with Crippen LogP contribution in [-0.4, -0.2) is 0 Å². The zero-order valence-electron chi connectivity index (χ0n) is 3.17. The Kier molecular flexibility index (Phi) is 56.1. The molecule has 0 aliphatic heterocycles. The van der Waals surface area contributed by atoms with Gasteiger partial charge in [0, 0.05) is 20.4 Å². The maximum absolute atomic E-state index is 3.40. The van der Waals surface area contributed by atoms with E-state index in [0.717, 1.165) is 0 Å². The van der Waals surface area contributed by atoms with Crippen LogP contribution in [-0.2, 0) is 20.4 Å². The molecule has 0 aromatic carbocycles. The summed E-state index contributed by atoms with van der Waals surface area (Å²) in [5.41, 5.74) is 0. The molecular weight excluding hydrogens is 342 g/mol. The van der Waals surface area contributed by atoms with Gasteiger partial charge in [0.1, 0.15) is 0 Å². The Morgan fingerprint density at radius 3 is 0.714 bits per heavy atom. The van der Waals surface area contributed by atoms with E-state index in [1.807, 2.05) is 0 Å².